The Labute approximate surface area is 225 Å². The summed E-state index contributed by atoms with van der Waals surface area (Å²) in [6.45, 7) is 1.96. The van der Waals surface area contributed by atoms with Crippen LogP contribution in [0.25, 0.3) is 22.6 Å². The van der Waals surface area contributed by atoms with Gasteiger partial charge >= 0.3 is 0 Å². The van der Waals surface area contributed by atoms with Crippen LogP contribution in [0.5, 0.6) is 0 Å². The molecule has 3 aliphatic rings. The molecule has 10 nitrogen and oxygen atoms in total. The zero-order chi connectivity index (χ0) is 26.7. The smallest absolute Gasteiger partial charge is 0.295 e. The summed E-state index contributed by atoms with van der Waals surface area (Å²) in [7, 11) is -3.26. The molecule has 0 atom stereocenters. The van der Waals surface area contributed by atoms with Gasteiger partial charge in [-0.05, 0) is 56.2 Å². The summed E-state index contributed by atoms with van der Waals surface area (Å²) in [5.74, 6) is 1.70. The number of fused-ring (bicyclic) bond motifs is 1. The number of benzene rings is 1. The van der Waals surface area contributed by atoms with Gasteiger partial charge in [0, 0.05) is 24.4 Å². The second-order valence-corrected chi connectivity index (χ2v) is 13.0. The van der Waals surface area contributed by atoms with E-state index in [9.17, 15) is 13.2 Å². The van der Waals surface area contributed by atoms with E-state index in [0.717, 1.165) is 61.0 Å². The van der Waals surface area contributed by atoms with E-state index in [0.29, 0.717) is 40.3 Å². The fourth-order valence-corrected chi connectivity index (χ4v) is 5.93. The number of nitrogens with one attached hydrogen (secondary N) is 1. The maximum absolute atomic E-state index is 13.6. The minimum Gasteiger partial charge on any atom is -0.361 e. The van der Waals surface area contributed by atoms with Crippen molar-refractivity contribution in [3.05, 3.63) is 64.1 Å². The van der Waals surface area contributed by atoms with E-state index in [-0.39, 0.29) is 23.2 Å². The molecule has 0 spiro atoms. The van der Waals surface area contributed by atoms with Crippen molar-refractivity contribution in [3.63, 3.8) is 0 Å². The highest BCUT2D eigenvalue weighted by molar-refractivity contribution is 7.91. The van der Waals surface area contributed by atoms with Gasteiger partial charge in [0.15, 0.2) is 27.1 Å². The number of anilines is 1. The molecule has 0 aliphatic heterocycles. The van der Waals surface area contributed by atoms with Crippen molar-refractivity contribution in [2.75, 3.05) is 11.1 Å². The van der Waals surface area contributed by atoms with Gasteiger partial charge in [-0.25, -0.2) is 33.3 Å². The molecule has 4 aromatic rings. The van der Waals surface area contributed by atoms with Gasteiger partial charge in [-0.3, -0.25) is 9.36 Å². The van der Waals surface area contributed by atoms with Gasteiger partial charge in [0.1, 0.15) is 11.8 Å². The van der Waals surface area contributed by atoms with Crippen LogP contribution in [-0.2, 0) is 16.4 Å². The molecule has 1 aromatic carbocycles. The number of rotatable bonds is 9. The molecule has 3 aromatic heterocycles. The largest absolute Gasteiger partial charge is 0.361 e. The monoisotopic (exact) mass is 543 g/mol. The first-order valence-corrected chi connectivity index (χ1v) is 15.3. The number of nitrogens with zero attached hydrogens (tertiary/aromatic N) is 6. The van der Waals surface area contributed by atoms with Gasteiger partial charge in [0.2, 0.25) is 0 Å². The van der Waals surface area contributed by atoms with E-state index in [1.807, 2.05) is 0 Å². The Morgan fingerprint density at radius 2 is 1.59 bits per heavy atom. The molecule has 200 valence electrons. The molecule has 3 aliphatic carbocycles. The fraction of sp³-hybridized carbons (Fsp3) is 0.429. The van der Waals surface area contributed by atoms with E-state index in [1.54, 1.807) is 48.3 Å². The second-order valence-electron chi connectivity index (χ2n) is 10.7. The number of aromatic nitrogens is 6. The Kier molecular flexibility index (Phi) is 5.73. The zero-order valence-electron chi connectivity index (χ0n) is 21.7. The lowest BCUT2D eigenvalue weighted by molar-refractivity contribution is 0.597. The quantitative estimate of drug-likeness (QED) is 0.331. The van der Waals surface area contributed by atoms with Gasteiger partial charge in [0.05, 0.1) is 33.8 Å². The molecule has 0 unspecified atom stereocenters. The van der Waals surface area contributed by atoms with Crippen molar-refractivity contribution in [1.82, 2.24) is 29.5 Å². The van der Waals surface area contributed by atoms with Gasteiger partial charge in [0.25, 0.3) is 5.56 Å². The predicted octanol–water partition coefficient (Wildman–Crippen LogP) is 4.14. The van der Waals surface area contributed by atoms with Crippen molar-refractivity contribution >= 4 is 26.8 Å². The second kappa shape index (κ2) is 9.18. The van der Waals surface area contributed by atoms with Crippen LogP contribution >= 0.6 is 0 Å². The standard InChI is InChI=1S/C28H29N7O3S/c1-2-39(37,38)20-11-3-16(4-12-20)13-29-26-28(36)35(19-9-10-19)27-21(33-26)14-30-25(34-27)22-23(17-5-6-17)31-15-32-24(22)18-7-8-18/h3-4,11-12,14-15,17-19H,2,5-10,13H2,1H3,(H,29,33). The molecule has 11 heteroatoms. The van der Waals surface area contributed by atoms with Crippen molar-refractivity contribution in [2.45, 2.75) is 74.8 Å². The Morgan fingerprint density at radius 1 is 0.923 bits per heavy atom. The van der Waals surface area contributed by atoms with E-state index in [4.69, 9.17) is 9.97 Å². The Balaban J connectivity index is 1.25. The first kappa shape index (κ1) is 24.3. The summed E-state index contributed by atoms with van der Waals surface area (Å²) in [4.78, 5) is 37.4. The van der Waals surface area contributed by atoms with Crippen LogP contribution < -0.4 is 10.9 Å². The Hall–Kier alpha value is -3.73. The van der Waals surface area contributed by atoms with Gasteiger partial charge < -0.3 is 5.32 Å². The average Bonchev–Trinajstić information content (AvgIpc) is 3.79. The van der Waals surface area contributed by atoms with Crippen LogP contribution in [0.1, 0.15) is 80.3 Å². The van der Waals surface area contributed by atoms with E-state index in [1.165, 1.54) is 0 Å². The van der Waals surface area contributed by atoms with Crippen molar-refractivity contribution in [2.24, 2.45) is 0 Å². The van der Waals surface area contributed by atoms with Crippen molar-refractivity contribution in [1.29, 1.82) is 0 Å². The third-order valence-electron chi connectivity index (χ3n) is 7.72. The molecule has 0 amide bonds. The van der Waals surface area contributed by atoms with Gasteiger partial charge in [-0.2, -0.15) is 0 Å². The highest BCUT2D eigenvalue weighted by Crippen LogP contribution is 2.48. The zero-order valence-corrected chi connectivity index (χ0v) is 22.5. The van der Waals surface area contributed by atoms with E-state index in [2.05, 4.69) is 20.3 Å². The molecule has 3 saturated carbocycles. The lowest BCUT2D eigenvalue weighted by atomic mass is 10.0. The SMILES string of the molecule is CCS(=O)(=O)c1ccc(CNc2nc3cnc(-c4c(C5CC5)ncnc4C4CC4)nc3n(C3CC3)c2=O)cc1. The Bertz CT molecular complexity index is 1730. The minimum atomic E-state index is -3.26. The normalized spacial score (nSPS) is 17.5. The van der Waals surface area contributed by atoms with Crippen LogP contribution in [0.2, 0.25) is 0 Å². The van der Waals surface area contributed by atoms with Crippen molar-refractivity contribution in [3.8, 4) is 11.4 Å². The molecule has 3 heterocycles. The minimum absolute atomic E-state index is 0.0528. The lowest BCUT2D eigenvalue weighted by Crippen LogP contribution is -2.25. The Morgan fingerprint density at radius 3 is 2.18 bits per heavy atom. The van der Waals surface area contributed by atoms with Crippen molar-refractivity contribution < 1.29 is 8.42 Å². The van der Waals surface area contributed by atoms with E-state index >= 15 is 0 Å². The highest BCUT2D eigenvalue weighted by atomic mass is 32.2. The topological polar surface area (TPSA) is 133 Å². The number of sulfone groups is 1. The van der Waals surface area contributed by atoms with Gasteiger partial charge in [-0.1, -0.05) is 19.1 Å². The lowest BCUT2D eigenvalue weighted by Gasteiger charge is -2.15. The van der Waals surface area contributed by atoms with Crippen LogP contribution in [0.15, 0.2) is 46.5 Å². The summed E-state index contributed by atoms with van der Waals surface area (Å²) in [5, 5.41) is 3.16. The summed E-state index contributed by atoms with van der Waals surface area (Å²) in [6.07, 6.45) is 9.66. The number of hydrogen-bond donors (Lipinski definition) is 1. The van der Waals surface area contributed by atoms with Crippen LogP contribution in [0.3, 0.4) is 0 Å². The molecular formula is C28H29N7O3S. The van der Waals surface area contributed by atoms with E-state index < -0.39 is 9.84 Å². The van der Waals surface area contributed by atoms with Crippen LogP contribution in [0.4, 0.5) is 5.82 Å². The summed E-state index contributed by atoms with van der Waals surface area (Å²) in [5.41, 5.74) is 4.71. The molecular weight excluding hydrogens is 514 g/mol. The maximum Gasteiger partial charge on any atom is 0.295 e. The summed E-state index contributed by atoms with van der Waals surface area (Å²) < 4.78 is 26.0. The molecule has 0 bridgehead atoms. The van der Waals surface area contributed by atoms with Crippen LogP contribution in [-0.4, -0.2) is 43.7 Å². The van der Waals surface area contributed by atoms with Crippen LogP contribution in [0, 0.1) is 0 Å². The highest BCUT2D eigenvalue weighted by Gasteiger charge is 2.36. The molecule has 0 radical (unpaired) electrons. The fourth-order valence-electron chi connectivity index (χ4n) is 5.05. The maximum atomic E-state index is 13.6. The summed E-state index contributed by atoms with van der Waals surface area (Å²) in [6, 6.07) is 6.79. The van der Waals surface area contributed by atoms with Gasteiger partial charge in [-0.15, -0.1) is 0 Å². The average molecular weight is 544 g/mol. The molecule has 3 fully saturated rings. The first-order valence-electron chi connectivity index (χ1n) is 13.6. The predicted molar refractivity (Wildman–Crippen MR) is 146 cm³/mol. The first-order chi connectivity index (χ1) is 18.9. The molecule has 7 rings (SSSR count). The third-order valence-corrected chi connectivity index (χ3v) is 9.47. The molecule has 0 saturated heterocycles. The molecule has 39 heavy (non-hydrogen) atoms. The number of hydrogen-bond acceptors (Lipinski definition) is 9. The summed E-state index contributed by atoms with van der Waals surface area (Å²) >= 11 is 0. The molecule has 1 N–H and O–H groups in total. The third kappa shape index (κ3) is 4.58.